The van der Waals surface area contributed by atoms with Crippen molar-refractivity contribution >= 4 is 5.91 Å². The minimum atomic E-state index is -0.260. The Labute approximate surface area is 162 Å². The first-order valence-electron chi connectivity index (χ1n) is 9.50. The maximum absolute atomic E-state index is 13.3. The van der Waals surface area contributed by atoms with Crippen molar-refractivity contribution in [3.8, 4) is 0 Å². The molecule has 0 spiro atoms. The van der Waals surface area contributed by atoms with Crippen LogP contribution in [0.4, 0.5) is 4.39 Å². The van der Waals surface area contributed by atoms with Gasteiger partial charge in [-0.1, -0.05) is 12.1 Å². The van der Waals surface area contributed by atoms with Crippen molar-refractivity contribution in [3.63, 3.8) is 0 Å². The quantitative estimate of drug-likeness (QED) is 0.700. The maximum Gasteiger partial charge on any atom is 0.271 e. The lowest BCUT2D eigenvalue weighted by molar-refractivity contribution is 0.0556. The second kappa shape index (κ2) is 6.60. The molecule has 5 rings (SSSR count). The van der Waals surface area contributed by atoms with E-state index >= 15 is 0 Å². The van der Waals surface area contributed by atoms with Crippen molar-refractivity contribution in [2.24, 2.45) is 7.05 Å². The molecule has 1 aromatic carbocycles. The zero-order valence-electron chi connectivity index (χ0n) is 15.7. The maximum atomic E-state index is 13.3. The lowest BCUT2D eigenvalue weighted by atomic mass is 10.0. The van der Waals surface area contributed by atoms with Crippen LogP contribution in [0.2, 0.25) is 0 Å². The molecule has 1 fully saturated rings. The fraction of sp³-hybridized carbons (Fsp3) is 0.333. The van der Waals surface area contributed by atoms with E-state index in [0.29, 0.717) is 6.54 Å². The molecular weight excluding hydrogens is 357 g/mol. The van der Waals surface area contributed by atoms with Crippen molar-refractivity contribution in [2.45, 2.75) is 25.2 Å². The van der Waals surface area contributed by atoms with E-state index in [0.717, 1.165) is 30.9 Å². The molecule has 2 atom stereocenters. The molecule has 0 unspecified atom stereocenters. The lowest BCUT2D eigenvalue weighted by Gasteiger charge is -2.38. The highest BCUT2D eigenvalue weighted by atomic mass is 19.1. The fourth-order valence-corrected chi connectivity index (χ4v) is 4.50. The smallest absolute Gasteiger partial charge is 0.271 e. The summed E-state index contributed by atoms with van der Waals surface area (Å²) in [7, 11) is 1.92. The van der Waals surface area contributed by atoms with Crippen LogP contribution < -0.4 is 0 Å². The van der Waals surface area contributed by atoms with Crippen LogP contribution in [0.3, 0.4) is 0 Å². The van der Waals surface area contributed by atoms with E-state index in [1.807, 2.05) is 47.4 Å². The predicted octanol–water partition coefficient (Wildman–Crippen LogP) is 2.44. The van der Waals surface area contributed by atoms with E-state index in [-0.39, 0.29) is 23.8 Å². The third-order valence-corrected chi connectivity index (χ3v) is 5.78. The van der Waals surface area contributed by atoms with Crippen LogP contribution >= 0.6 is 0 Å². The van der Waals surface area contributed by atoms with Crippen molar-refractivity contribution < 1.29 is 9.18 Å². The Morgan fingerprint density at radius 3 is 2.61 bits per heavy atom. The van der Waals surface area contributed by atoms with Gasteiger partial charge in [-0.3, -0.25) is 14.4 Å². The van der Waals surface area contributed by atoms with E-state index in [1.165, 1.54) is 17.7 Å². The summed E-state index contributed by atoms with van der Waals surface area (Å²) in [6.45, 7) is 3.00. The molecule has 0 bridgehead atoms. The van der Waals surface area contributed by atoms with Crippen LogP contribution in [0.25, 0.3) is 0 Å². The van der Waals surface area contributed by atoms with E-state index in [2.05, 4.69) is 14.6 Å². The molecule has 7 heteroatoms. The molecule has 1 saturated heterocycles. The highest BCUT2D eigenvalue weighted by Gasteiger charge is 2.44. The largest absolute Gasteiger partial charge is 0.337 e. The number of halogens is 1. The number of fused-ring (bicyclic) bond motifs is 3. The Kier molecular flexibility index (Phi) is 4.05. The summed E-state index contributed by atoms with van der Waals surface area (Å²) in [5.74, 6) is -0.220. The van der Waals surface area contributed by atoms with Crippen LogP contribution in [-0.4, -0.2) is 49.2 Å². The summed E-state index contributed by atoms with van der Waals surface area (Å²) < 4.78 is 17.2. The zero-order valence-corrected chi connectivity index (χ0v) is 15.7. The standard InChI is InChI=1S/C21H22FN5O/c1-24-10-16(9-23-24)11-25-13-19-20(14-25)27(12-15-4-6-17(22)7-5-15)21(28)18-3-2-8-26(18)19/h2-10,19-20H,11-14H2,1H3/t19-,20+/m1/s1. The first-order valence-corrected chi connectivity index (χ1v) is 9.50. The van der Waals surface area contributed by atoms with Gasteiger partial charge < -0.3 is 9.47 Å². The predicted molar refractivity (Wildman–Crippen MR) is 102 cm³/mol. The van der Waals surface area contributed by atoms with E-state index in [4.69, 9.17) is 0 Å². The van der Waals surface area contributed by atoms with Crippen LogP contribution in [0.1, 0.15) is 27.7 Å². The normalized spacial score (nSPS) is 21.8. The number of benzene rings is 1. The summed E-state index contributed by atoms with van der Waals surface area (Å²) in [5, 5.41) is 4.26. The molecule has 2 aromatic heterocycles. The van der Waals surface area contributed by atoms with Crippen molar-refractivity contribution in [1.29, 1.82) is 0 Å². The van der Waals surface area contributed by atoms with Gasteiger partial charge in [0.1, 0.15) is 11.5 Å². The van der Waals surface area contributed by atoms with Crippen LogP contribution in [0, 0.1) is 5.82 Å². The van der Waals surface area contributed by atoms with Crippen LogP contribution in [0.5, 0.6) is 0 Å². The van der Waals surface area contributed by atoms with Gasteiger partial charge in [0.25, 0.3) is 5.91 Å². The zero-order chi connectivity index (χ0) is 19.3. The third-order valence-electron chi connectivity index (χ3n) is 5.78. The molecule has 0 N–H and O–H groups in total. The molecule has 2 aliphatic heterocycles. The molecule has 28 heavy (non-hydrogen) atoms. The molecule has 3 aromatic rings. The second-order valence-corrected chi connectivity index (χ2v) is 7.71. The Hall–Kier alpha value is -2.93. The highest BCUT2D eigenvalue weighted by molar-refractivity contribution is 5.94. The Balaban J connectivity index is 1.43. The number of aromatic nitrogens is 3. The molecular formula is C21H22FN5O. The number of amides is 1. The Morgan fingerprint density at radius 1 is 1.07 bits per heavy atom. The van der Waals surface area contributed by atoms with Crippen molar-refractivity contribution in [1.82, 2.24) is 24.1 Å². The number of rotatable bonds is 4. The summed E-state index contributed by atoms with van der Waals surface area (Å²) in [6, 6.07) is 10.6. The van der Waals surface area contributed by atoms with E-state index < -0.39 is 0 Å². The number of likely N-dealkylation sites (tertiary alicyclic amines) is 1. The van der Waals surface area contributed by atoms with Crippen molar-refractivity contribution in [3.05, 3.63) is 77.6 Å². The van der Waals surface area contributed by atoms with Gasteiger partial charge in [-0.25, -0.2) is 4.39 Å². The molecule has 0 saturated carbocycles. The summed E-state index contributed by atoms with van der Waals surface area (Å²) in [6.07, 6.45) is 5.93. The molecule has 4 heterocycles. The molecule has 0 radical (unpaired) electrons. The van der Waals surface area contributed by atoms with Gasteiger partial charge in [-0.05, 0) is 29.8 Å². The van der Waals surface area contributed by atoms with E-state index in [9.17, 15) is 9.18 Å². The number of hydrogen-bond acceptors (Lipinski definition) is 3. The molecule has 1 amide bonds. The number of aryl methyl sites for hydroxylation is 1. The highest BCUT2D eigenvalue weighted by Crippen LogP contribution is 2.35. The fourth-order valence-electron chi connectivity index (χ4n) is 4.50. The Bertz CT molecular complexity index is 1010. The van der Waals surface area contributed by atoms with Crippen LogP contribution in [0.15, 0.2) is 55.0 Å². The number of carbonyl (C=O) groups is 1. The van der Waals surface area contributed by atoms with Gasteiger partial charge in [0.2, 0.25) is 0 Å². The van der Waals surface area contributed by atoms with Crippen molar-refractivity contribution in [2.75, 3.05) is 13.1 Å². The van der Waals surface area contributed by atoms with Gasteiger partial charge in [0, 0.05) is 51.2 Å². The van der Waals surface area contributed by atoms with Gasteiger partial charge in [-0.15, -0.1) is 0 Å². The first-order chi connectivity index (χ1) is 13.6. The molecule has 6 nitrogen and oxygen atoms in total. The van der Waals surface area contributed by atoms with Crippen LogP contribution in [-0.2, 0) is 20.1 Å². The van der Waals surface area contributed by atoms with Gasteiger partial charge in [0.05, 0.1) is 18.3 Å². The number of carbonyl (C=O) groups excluding carboxylic acids is 1. The minimum absolute atomic E-state index is 0.0406. The van der Waals surface area contributed by atoms with Gasteiger partial charge in [-0.2, -0.15) is 5.10 Å². The summed E-state index contributed by atoms with van der Waals surface area (Å²) in [4.78, 5) is 17.5. The average molecular weight is 379 g/mol. The molecule has 0 aliphatic carbocycles. The van der Waals surface area contributed by atoms with E-state index in [1.54, 1.807) is 12.1 Å². The summed E-state index contributed by atoms with van der Waals surface area (Å²) >= 11 is 0. The SMILES string of the molecule is Cn1cc(CN2C[C@@H]3[C@H](C2)N(Cc2ccc(F)cc2)C(=O)c2cccn23)cn1. The Morgan fingerprint density at radius 2 is 1.86 bits per heavy atom. The lowest BCUT2D eigenvalue weighted by Crippen LogP contribution is -2.49. The number of nitrogens with zero attached hydrogens (tertiary/aromatic N) is 5. The third kappa shape index (κ3) is 2.92. The topological polar surface area (TPSA) is 46.3 Å². The first kappa shape index (κ1) is 17.2. The minimum Gasteiger partial charge on any atom is -0.337 e. The molecule has 2 aliphatic rings. The van der Waals surface area contributed by atoms with Gasteiger partial charge in [0.15, 0.2) is 0 Å². The summed E-state index contributed by atoms with van der Waals surface area (Å²) in [5.41, 5.74) is 2.84. The second-order valence-electron chi connectivity index (χ2n) is 7.71. The average Bonchev–Trinajstić information content (AvgIpc) is 3.40. The number of hydrogen-bond donors (Lipinski definition) is 0. The monoisotopic (exact) mass is 379 g/mol. The molecule has 144 valence electrons. The van der Waals surface area contributed by atoms with Gasteiger partial charge >= 0.3 is 0 Å².